The van der Waals surface area contributed by atoms with Crippen molar-refractivity contribution < 1.29 is 9.59 Å². The van der Waals surface area contributed by atoms with E-state index in [0.717, 1.165) is 13.0 Å². The number of halogens is 2. The van der Waals surface area contributed by atoms with Crippen LogP contribution in [0.1, 0.15) is 23.2 Å². The zero-order valence-corrected chi connectivity index (χ0v) is 14.7. The third-order valence-electron chi connectivity index (χ3n) is 3.92. The Bertz CT molecular complexity index is 572. The van der Waals surface area contributed by atoms with Gasteiger partial charge in [0.05, 0.1) is 15.6 Å². The molecule has 0 radical (unpaired) electrons. The van der Waals surface area contributed by atoms with Gasteiger partial charge in [-0.2, -0.15) is 0 Å². The molecular weight excluding hydrogens is 337 g/mol. The highest BCUT2D eigenvalue weighted by molar-refractivity contribution is 6.43. The first-order valence-electron chi connectivity index (χ1n) is 7.70. The molecule has 0 spiro atoms. The Morgan fingerprint density at radius 3 is 2.43 bits per heavy atom. The first kappa shape index (κ1) is 18.0. The SMILES string of the molecule is CNCCCC(=O)N1CCN(C(=O)c2cccc(Cl)c2Cl)CC1. The molecule has 1 aromatic rings. The van der Waals surface area contributed by atoms with Gasteiger partial charge in [-0.25, -0.2) is 0 Å². The van der Waals surface area contributed by atoms with E-state index in [0.29, 0.717) is 43.2 Å². The molecule has 126 valence electrons. The summed E-state index contributed by atoms with van der Waals surface area (Å²) in [6, 6.07) is 5.04. The molecule has 1 aliphatic rings. The lowest BCUT2D eigenvalue weighted by Crippen LogP contribution is -2.50. The molecule has 0 unspecified atom stereocenters. The van der Waals surface area contributed by atoms with Crippen molar-refractivity contribution >= 4 is 35.0 Å². The van der Waals surface area contributed by atoms with E-state index < -0.39 is 0 Å². The molecule has 1 saturated heterocycles. The van der Waals surface area contributed by atoms with E-state index in [1.165, 1.54) is 0 Å². The van der Waals surface area contributed by atoms with Gasteiger partial charge >= 0.3 is 0 Å². The maximum absolute atomic E-state index is 12.5. The highest BCUT2D eigenvalue weighted by Crippen LogP contribution is 2.26. The van der Waals surface area contributed by atoms with Gasteiger partial charge in [-0.15, -0.1) is 0 Å². The van der Waals surface area contributed by atoms with Crippen molar-refractivity contribution in [2.75, 3.05) is 39.8 Å². The average molecular weight is 358 g/mol. The van der Waals surface area contributed by atoms with Crippen LogP contribution in [0.3, 0.4) is 0 Å². The number of nitrogens with zero attached hydrogens (tertiary/aromatic N) is 2. The number of hydrogen-bond donors (Lipinski definition) is 1. The van der Waals surface area contributed by atoms with Crippen molar-refractivity contribution in [1.82, 2.24) is 15.1 Å². The summed E-state index contributed by atoms with van der Waals surface area (Å²) in [6.45, 7) is 2.97. The largest absolute Gasteiger partial charge is 0.339 e. The number of nitrogens with one attached hydrogen (secondary N) is 1. The van der Waals surface area contributed by atoms with E-state index >= 15 is 0 Å². The van der Waals surface area contributed by atoms with Crippen LogP contribution in [0.5, 0.6) is 0 Å². The lowest BCUT2D eigenvalue weighted by molar-refractivity contribution is -0.132. The van der Waals surface area contributed by atoms with Crippen LogP contribution in [0.15, 0.2) is 18.2 Å². The summed E-state index contributed by atoms with van der Waals surface area (Å²) in [7, 11) is 1.87. The molecule has 1 aliphatic heterocycles. The molecule has 0 bridgehead atoms. The molecule has 2 rings (SSSR count). The molecule has 23 heavy (non-hydrogen) atoms. The monoisotopic (exact) mass is 357 g/mol. The van der Waals surface area contributed by atoms with E-state index in [9.17, 15) is 9.59 Å². The highest BCUT2D eigenvalue weighted by Gasteiger charge is 2.26. The third kappa shape index (κ3) is 4.59. The fraction of sp³-hybridized carbons (Fsp3) is 0.500. The Morgan fingerprint density at radius 2 is 1.78 bits per heavy atom. The number of piperazine rings is 1. The summed E-state index contributed by atoms with van der Waals surface area (Å²) < 4.78 is 0. The molecule has 0 saturated carbocycles. The normalized spacial score (nSPS) is 14.9. The summed E-state index contributed by atoms with van der Waals surface area (Å²) in [5, 5.41) is 3.68. The van der Waals surface area contributed by atoms with Crippen molar-refractivity contribution in [3.63, 3.8) is 0 Å². The minimum absolute atomic E-state index is 0.139. The van der Waals surface area contributed by atoms with Gasteiger partial charge in [0.15, 0.2) is 0 Å². The number of amides is 2. The smallest absolute Gasteiger partial charge is 0.255 e. The van der Waals surface area contributed by atoms with Gasteiger partial charge < -0.3 is 15.1 Å². The van der Waals surface area contributed by atoms with Gasteiger partial charge in [0, 0.05) is 32.6 Å². The predicted octanol–water partition coefficient (Wildman–Crippen LogP) is 2.28. The van der Waals surface area contributed by atoms with Gasteiger partial charge in [0.2, 0.25) is 5.91 Å². The van der Waals surface area contributed by atoms with Crippen LogP contribution in [0, 0.1) is 0 Å². The van der Waals surface area contributed by atoms with Gasteiger partial charge in [0.1, 0.15) is 0 Å². The van der Waals surface area contributed by atoms with Gasteiger partial charge in [-0.05, 0) is 32.1 Å². The second kappa shape index (κ2) is 8.52. The fourth-order valence-electron chi connectivity index (χ4n) is 2.57. The minimum Gasteiger partial charge on any atom is -0.339 e. The van der Waals surface area contributed by atoms with Crippen LogP contribution < -0.4 is 5.32 Å². The first-order chi connectivity index (χ1) is 11.0. The molecule has 0 atom stereocenters. The Labute approximate surface area is 146 Å². The van der Waals surface area contributed by atoms with Crippen molar-refractivity contribution in [2.45, 2.75) is 12.8 Å². The van der Waals surface area contributed by atoms with Gasteiger partial charge in [-0.3, -0.25) is 9.59 Å². The van der Waals surface area contributed by atoms with Crippen LogP contribution in [0.25, 0.3) is 0 Å². The Balaban J connectivity index is 1.90. The predicted molar refractivity (Wildman–Crippen MR) is 92.1 cm³/mol. The van der Waals surface area contributed by atoms with E-state index in [1.807, 2.05) is 11.9 Å². The van der Waals surface area contributed by atoms with Crippen molar-refractivity contribution in [1.29, 1.82) is 0 Å². The number of hydrogen-bond acceptors (Lipinski definition) is 3. The van der Waals surface area contributed by atoms with Crippen LogP contribution in [0.2, 0.25) is 10.0 Å². The molecule has 0 aromatic heterocycles. The fourth-order valence-corrected chi connectivity index (χ4v) is 2.95. The van der Waals surface area contributed by atoms with E-state index in [4.69, 9.17) is 23.2 Å². The maximum atomic E-state index is 12.5. The summed E-state index contributed by atoms with van der Waals surface area (Å²) in [5.41, 5.74) is 0.410. The summed E-state index contributed by atoms with van der Waals surface area (Å²) in [5.74, 6) is 0.00733. The molecule has 1 fully saturated rings. The molecule has 1 N–H and O–H groups in total. The Morgan fingerprint density at radius 1 is 1.13 bits per heavy atom. The number of carbonyl (C=O) groups excluding carboxylic acids is 2. The van der Waals surface area contributed by atoms with Crippen LogP contribution in [-0.4, -0.2) is 61.4 Å². The van der Waals surface area contributed by atoms with Crippen molar-refractivity contribution in [3.8, 4) is 0 Å². The Hall–Kier alpha value is -1.30. The van der Waals surface area contributed by atoms with E-state index in [1.54, 1.807) is 23.1 Å². The van der Waals surface area contributed by atoms with Gasteiger partial charge in [0.25, 0.3) is 5.91 Å². The topological polar surface area (TPSA) is 52.7 Å². The molecule has 1 aromatic carbocycles. The molecule has 7 heteroatoms. The summed E-state index contributed by atoms with van der Waals surface area (Å²) in [6.07, 6.45) is 1.36. The standard InChI is InChI=1S/C16H21Cl2N3O2/c1-19-7-3-6-14(22)20-8-10-21(11-9-20)16(23)12-4-2-5-13(17)15(12)18/h2,4-5,19H,3,6-11H2,1H3. The molecule has 2 amide bonds. The van der Waals surface area contributed by atoms with Gasteiger partial charge in [-0.1, -0.05) is 29.3 Å². The lowest BCUT2D eigenvalue weighted by Gasteiger charge is -2.35. The molecule has 0 aliphatic carbocycles. The number of rotatable bonds is 5. The van der Waals surface area contributed by atoms with Crippen LogP contribution >= 0.6 is 23.2 Å². The van der Waals surface area contributed by atoms with E-state index in [-0.39, 0.29) is 16.8 Å². The zero-order chi connectivity index (χ0) is 16.8. The van der Waals surface area contributed by atoms with E-state index in [2.05, 4.69) is 5.32 Å². The van der Waals surface area contributed by atoms with Crippen molar-refractivity contribution in [3.05, 3.63) is 33.8 Å². The third-order valence-corrected chi connectivity index (χ3v) is 4.74. The summed E-state index contributed by atoms with van der Waals surface area (Å²) >= 11 is 12.1. The molecule has 1 heterocycles. The lowest BCUT2D eigenvalue weighted by atomic mass is 10.1. The number of carbonyl (C=O) groups is 2. The first-order valence-corrected chi connectivity index (χ1v) is 8.46. The average Bonchev–Trinajstić information content (AvgIpc) is 2.57. The Kier molecular flexibility index (Phi) is 6.69. The van der Waals surface area contributed by atoms with Crippen LogP contribution in [-0.2, 0) is 4.79 Å². The number of benzene rings is 1. The minimum atomic E-state index is -0.139. The maximum Gasteiger partial charge on any atom is 0.255 e. The quantitative estimate of drug-likeness (QED) is 0.822. The second-order valence-electron chi connectivity index (χ2n) is 5.48. The van der Waals surface area contributed by atoms with Crippen LogP contribution in [0.4, 0.5) is 0 Å². The second-order valence-corrected chi connectivity index (χ2v) is 6.27. The highest BCUT2D eigenvalue weighted by atomic mass is 35.5. The molecule has 5 nitrogen and oxygen atoms in total. The molecular formula is C16H21Cl2N3O2. The van der Waals surface area contributed by atoms with Crippen molar-refractivity contribution in [2.24, 2.45) is 0 Å². The zero-order valence-electron chi connectivity index (χ0n) is 13.1. The summed E-state index contributed by atoms with van der Waals surface area (Å²) in [4.78, 5) is 28.1.